The summed E-state index contributed by atoms with van der Waals surface area (Å²) in [6.07, 6.45) is 0. The molecule has 20 heavy (non-hydrogen) atoms. The molecular weight excluding hydrogens is 284 g/mol. The molecule has 1 aliphatic rings. The van der Waals surface area contributed by atoms with Crippen molar-refractivity contribution in [2.45, 2.75) is 5.16 Å². The number of hydrogen-bond donors (Lipinski definition) is 1. The average molecular weight is 296 g/mol. The van der Waals surface area contributed by atoms with Crippen LogP contribution >= 0.6 is 0 Å². The van der Waals surface area contributed by atoms with Gasteiger partial charge in [0.15, 0.2) is 17.3 Å². The summed E-state index contributed by atoms with van der Waals surface area (Å²) in [5, 5.41) is 12.3. The minimum atomic E-state index is -3.92. The summed E-state index contributed by atoms with van der Waals surface area (Å²) in [7, 11) is -2.40. The molecule has 0 spiro atoms. The molecule has 9 heteroatoms. The number of fused-ring (bicyclic) bond motifs is 1. The summed E-state index contributed by atoms with van der Waals surface area (Å²) in [5.74, 6) is 1.46. The van der Waals surface area contributed by atoms with Crippen molar-refractivity contribution in [3.63, 3.8) is 0 Å². The van der Waals surface area contributed by atoms with Gasteiger partial charge in [0.2, 0.25) is 0 Å². The van der Waals surface area contributed by atoms with Crippen molar-refractivity contribution in [1.29, 1.82) is 0 Å². The van der Waals surface area contributed by atoms with Gasteiger partial charge >= 0.3 is 0 Å². The second-order valence-electron chi connectivity index (χ2n) is 4.24. The van der Waals surface area contributed by atoms with Gasteiger partial charge in [-0.3, -0.25) is 4.57 Å². The molecule has 0 bridgehead atoms. The van der Waals surface area contributed by atoms with Gasteiger partial charge in [0, 0.05) is 7.05 Å². The molecule has 0 aliphatic carbocycles. The second-order valence-corrected chi connectivity index (χ2v) is 5.70. The molecular formula is C11H12N4O4S. The van der Waals surface area contributed by atoms with Crippen molar-refractivity contribution in [3.8, 4) is 22.9 Å². The van der Waals surface area contributed by atoms with E-state index in [0.29, 0.717) is 36.1 Å². The minimum Gasteiger partial charge on any atom is -0.486 e. The highest BCUT2D eigenvalue weighted by atomic mass is 32.2. The molecule has 3 rings (SSSR count). The van der Waals surface area contributed by atoms with Crippen LogP contribution in [-0.4, -0.2) is 36.4 Å². The third-order valence-electron chi connectivity index (χ3n) is 2.90. The Balaban J connectivity index is 2.18. The molecule has 2 aromatic rings. The number of aromatic nitrogens is 3. The van der Waals surface area contributed by atoms with Crippen LogP contribution in [0.2, 0.25) is 0 Å². The third kappa shape index (κ3) is 2.00. The molecule has 0 saturated heterocycles. The van der Waals surface area contributed by atoms with E-state index in [9.17, 15) is 8.42 Å². The van der Waals surface area contributed by atoms with Gasteiger partial charge in [-0.1, -0.05) is 6.07 Å². The predicted molar refractivity (Wildman–Crippen MR) is 68.8 cm³/mol. The summed E-state index contributed by atoms with van der Waals surface area (Å²) in [6.45, 7) is 0.890. The van der Waals surface area contributed by atoms with Gasteiger partial charge in [0.1, 0.15) is 13.2 Å². The van der Waals surface area contributed by atoms with Crippen LogP contribution in [0.5, 0.6) is 11.5 Å². The Hall–Kier alpha value is -2.13. The fraction of sp³-hybridized carbons (Fsp3) is 0.273. The highest BCUT2D eigenvalue weighted by Crippen LogP contribution is 2.39. The molecule has 1 aromatic carbocycles. The Morgan fingerprint density at radius 1 is 1.25 bits per heavy atom. The Bertz CT molecular complexity index is 769. The zero-order valence-electron chi connectivity index (χ0n) is 10.6. The summed E-state index contributed by atoms with van der Waals surface area (Å²) in [4.78, 5) is 0. The number of nitrogens with zero attached hydrogens (tertiary/aromatic N) is 3. The first kappa shape index (κ1) is 12.9. The number of sulfonamides is 1. The minimum absolute atomic E-state index is 0.304. The average Bonchev–Trinajstić information content (AvgIpc) is 2.80. The molecule has 2 heterocycles. The van der Waals surface area contributed by atoms with Gasteiger partial charge in [-0.25, -0.2) is 13.6 Å². The summed E-state index contributed by atoms with van der Waals surface area (Å²) >= 11 is 0. The number of nitrogens with two attached hydrogens (primary N) is 1. The molecule has 106 valence electrons. The number of benzene rings is 1. The highest BCUT2D eigenvalue weighted by Gasteiger charge is 2.24. The first-order chi connectivity index (χ1) is 9.48. The molecule has 8 nitrogen and oxygen atoms in total. The van der Waals surface area contributed by atoms with Crippen LogP contribution in [0, 0.1) is 0 Å². The van der Waals surface area contributed by atoms with Crippen LogP contribution in [0.3, 0.4) is 0 Å². The van der Waals surface area contributed by atoms with E-state index in [2.05, 4.69) is 10.2 Å². The smallest absolute Gasteiger partial charge is 0.273 e. The van der Waals surface area contributed by atoms with Gasteiger partial charge in [-0.15, -0.1) is 10.2 Å². The molecule has 0 unspecified atom stereocenters. The Kier molecular flexibility index (Phi) is 2.87. The Morgan fingerprint density at radius 2 is 2.00 bits per heavy atom. The van der Waals surface area contributed by atoms with E-state index in [1.807, 2.05) is 0 Å². The highest BCUT2D eigenvalue weighted by molar-refractivity contribution is 7.89. The maximum absolute atomic E-state index is 11.4. The van der Waals surface area contributed by atoms with Crippen LogP contribution < -0.4 is 14.6 Å². The van der Waals surface area contributed by atoms with Gasteiger partial charge in [0.25, 0.3) is 15.2 Å². The van der Waals surface area contributed by atoms with Crippen molar-refractivity contribution < 1.29 is 17.9 Å². The number of rotatable bonds is 2. The van der Waals surface area contributed by atoms with Gasteiger partial charge in [-0.2, -0.15) is 0 Å². The molecule has 0 fully saturated rings. The zero-order chi connectivity index (χ0) is 14.3. The SMILES string of the molecule is Cn1c(-c2cccc3c2OCCO3)nnc1S(N)(=O)=O. The first-order valence-corrected chi connectivity index (χ1v) is 7.34. The number of hydrogen-bond acceptors (Lipinski definition) is 6. The zero-order valence-corrected chi connectivity index (χ0v) is 11.4. The molecule has 0 saturated carbocycles. The Morgan fingerprint density at radius 3 is 2.70 bits per heavy atom. The largest absolute Gasteiger partial charge is 0.486 e. The first-order valence-electron chi connectivity index (χ1n) is 5.79. The lowest BCUT2D eigenvalue weighted by Gasteiger charge is -2.20. The van der Waals surface area contributed by atoms with Gasteiger partial charge < -0.3 is 9.47 Å². The lowest BCUT2D eigenvalue weighted by molar-refractivity contribution is 0.172. The molecule has 0 radical (unpaired) electrons. The summed E-state index contributed by atoms with van der Waals surface area (Å²) in [5.41, 5.74) is 0.604. The molecule has 1 aromatic heterocycles. The van der Waals surface area contributed by atoms with Gasteiger partial charge in [-0.05, 0) is 12.1 Å². The van der Waals surface area contributed by atoms with Crippen LogP contribution in [-0.2, 0) is 17.1 Å². The van der Waals surface area contributed by atoms with Crippen LogP contribution in [0.15, 0.2) is 23.4 Å². The lowest BCUT2D eigenvalue weighted by atomic mass is 10.1. The number of ether oxygens (including phenoxy) is 2. The third-order valence-corrected chi connectivity index (χ3v) is 3.76. The number of para-hydroxylation sites is 1. The molecule has 0 atom stereocenters. The second kappa shape index (κ2) is 4.46. The van der Waals surface area contributed by atoms with Crippen LogP contribution in [0.4, 0.5) is 0 Å². The van der Waals surface area contributed by atoms with Crippen molar-refractivity contribution >= 4 is 10.0 Å². The van der Waals surface area contributed by atoms with Crippen molar-refractivity contribution in [2.75, 3.05) is 13.2 Å². The molecule has 0 amide bonds. The van der Waals surface area contributed by atoms with E-state index in [0.717, 1.165) is 0 Å². The number of primary sulfonamides is 1. The van der Waals surface area contributed by atoms with E-state index in [-0.39, 0.29) is 5.16 Å². The maximum Gasteiger partial charge on any atom is 0.273 e. The fourth-order valence-electron chi connectivity index (χ4n) is 2.05. The predicted octanol–water partition coefficient (Wildman–Crippen LogP) is -0.0993. The van der Waals surface area contributed by atoms with Gasteiger partial charge in [0.05, 0.1) is 5.56 Å². The lowest BCUT2D eigenvalue weighted by Crippen LogP contribution is -2.18. The topological polar surface area (TPSA) is 109 Å². The molecule has 1 aliphatic heterocycles. The Labute approximate surface area is 115 Å². The van der Waals surface area contributed by atoms with Crippen molar-refractivity contribution in [2.24, 2.45) is 12.2 Å². The normalized spacial score (nSPS) is 14.3. The van der Waals surface area contributed by atoms with Crippen molar-refractivity contribution in [3.05, 3.63) is 18.2 Å². The van der Waals surface area contributed by atoms with Crippen LogP contribution in [0.25, 0.3) is 11.4 Å². The standard InChI is InChI=1S/C11H12N4O4S/c1-15-10(13-14-11(15)20(12,16)17)7-3-2-4-8-9(7)19-6-5-18-8/h2-4H,5-6H2,1H3,(H2,12,16,17). The quantitative estimate of drug-likeness (QED) is 0.828. The maximum atomic E-state index is 11.4. The monoisotopic (exact) mass is 296 g/mol. The van der Waals surface area contributed by atoms with Crippen LogP contribution in [0.1, 0.15) is 0 Å². The van der Waals surface area contributed by atoms with E-state index in [1.54, 1.807) is 18.2 Å². The van der Waals surface area contributed by atoms with Crippen molar-refractivity contribution in [1.82, 2.24) is 14.8 Å². The molecule has 2 N–H and O–H groups in total. The van der Waals surface area contributed by atoms with E-state index < -0.39 is 10.0 Å². The van der Waals surface area contributed by atoms with E-state index in [1.165, 1.54) is 11.6 Å². The summed E-state index contributed by atoms with van der Waals surface area (Å²) < 4.78 is 35.1. The van der Waals surface area contributed by atoms with E-state index in [4.69, 9.17) is 14.6 Å². The summed E-state index contributed by atoms with van der Waals surface area (Å²) in [6, 6.07) is 5.30. The fourth-order valence-corrected chi connectivity index (χ4v) is 2.67. The van der Waals surface area contributed by atoms with E-state index >= 15 is 0 Å².